The molecule has 4 N–H and O–H groups in total. The number of carbonyl (C=O) groups is 3. The summed E-state index contributed by atoms with van der Waals surface area (Å²) in [4.78, 5) is 38.6. The van der Waals surface area contributed by atoms with E-state index in [1.54, 1.807) is 19.9 Å². The maximum atomic E-state index is 14.0. The standard InChI is InChI=1S/C28H43FN3O8P/c1-3-39-41(37,40-4-2)18-24(26(34)21-14-15-30-27(21)35)31-16-23(25(33)19-10-6-5-7-11-19)32-28(36)38-17-20-12-8-9-13-22(20)29/h8-9,12-13,19,21,23-24,26,31,34H,3-7,10-11,14-18H2,1-2H3,(H,30,35)(H,32,36)/t21-,23-,24+,26?/m0/s1. The number of Topliss-reactive ketones (excluding diaryl/α,β-unsaturated/α-hetero) is 1. The molecule has 1 aliphatic carbocycles. The highest BCUT2D eigenvalue weighted by Crippen LogP contribution is 2.49. The maximum absolute atomic E-state index is 14.0. The van der Waals surface area contributed by atoms with Gasteiger partial charge in [0.25, 0.3) is 0 Å². The van der Waals surface area contributed by atoms with Crippen LogP contribution in [0.3, 0.4) is 0 Å². The number of hydrogen-bond acceptors (Lipinski definition) is 9. The lowest BCUT2D eigenvalue weighted by Crippen LogP contribution is -2.55. The molecule has 3 rings (SSSR count). The number of amides is 2. The van der Waals surface area contributed by atoms with Crippen LogP contribution in [0, 0.1) is 17.7 Å². The van der Waals surface area contributed by atoms with E-state index < -0.39 is 43.6 Å². The highest BCUT2D eigenvalue weighted by atomic mass is 31.2. The molecule has 0 spiro atoms. The third kappa shape index (κ3) is 9.85. The van der Waals surface area contributed by atoms with Gasteiger partial charge in [-0.05, 0) is 39.2 Å². The van der Waals surface area contributed by atoms with E-state index in [0.29, 0.717) is 25.8 Å². The van der Waals surface area contributed by atoms with Crippen molar-refractivity contribution < 1.29 is 42.2 Å². The predicted molar refractivity (Wildman–Crippen MR) is 150 cm³/mol. The Morgan fingerprint density at radius 3 is 2.41 bits per heavy atom. The average molecular weight is 600 g/mol. The van der Waals surface area contributed by atoms with E-state index in [2.05, 4.69) is 16.0 Å². The molecule has 0 aromatic heterocycles. The average Bonchev–Trinajstić information content (AvgIpc) is 3.39. The van der Waals surface area contributed by atoms with Crippen molar-refractivity contribution >= 4 is 25.4 Å². The van der Waals surface area contributed by atoms with Crippen LogP contribution in [0.4, 0.5) is 9.18 Å². The van der Waals surface area contributed by atoms with E-state index in [4.69, 9.17) is 13.8 Å². The van der Waals surface area contributed by atoms with E-state index in [9.17, 15) is 28.4 Å². The highest BCUT2D eigenvalue weighted by molar-refractivity contribution is 7.53. The molecular weight excluding hydrogens is 556 g/mol. The second-order valence-electron chi connectivity index (χ2n) is 10.4. The first kappa shape index (κ1) is 33.1. The molecule has 2 amide bonds. The van der Waals surface area contributed by atoms with Crippen LogP contribution < -0.4 is 16.0 Å². The zero-order chi connectivity index (χ0) is 29.8. The summed E-state index contributed by atoms with van der Waals surface area (Å²) in [6.45, 7) is 3.53. The molecule has 2 fully saturated rings. The molecule has 0 radical (unpaired) electrons. The van der Waals surface area contributed by atoms with Gasteiger partial charge in [0.05, 0.1) is 31.4 Å². The van der Waals surface area contributed by atoms with Crippen molar-refractivity contribution in [3.8, 4) is 0 Å². The fourth-order valence-corrected chi connectivity index (χ4v) is 7.29. The lowest BCUT2D eigenvalue weighted by molar-refractivity contribution is -0.127. The number of hydrogen-bond donors (Lipinski definition) is 4. The van der Waals surface area contributed by atoms with Gasteiger partial charge >= 0.3 is 13.7 Å². The van der Waals surface area contributed by atoms with Gasteiger partial charge in [0.15, 0.2) is 5.78 Å². The van der Waals surface area contributed by atoms with Gasteiger partial charge in [-0.3, -0.25) is 14.2 Å². The third-order valence-electron chi connectivity index (χ3n) is 7.53. The molecule has 1 aromatic carbocycles. The minimum Gasteiger partial charge on any atom is -0.445 e. The second kappa shape index (κ2) is 16.3. The number of carbonyl (C=O) groups excluding carboxylic acids is 3. The van der Waals surface area contributed by atoms with Crippen LogP contribution in [0.15, 0.2) is 24.3 Å². The fraction of sp³-hybridized carbons (Fsp3) is 0.679. The van der Waals surface area contributed by atoms with Crippen LogP contribution in [0.5, 0.6) is 0 Å². The number of nitrogens with one attached hydrogen (secondary N) is 3. The monoisotopic (exact) mass is 599 g/mol. The molecule has 0 bridgehead atoms. The molecule has 13 heteroatoms. The Bertz CT molecular complexity index is 1060. The molecule has 230 valence electrons. The summed E-state index contributed by atoms with van der Waals surface area (Å²) >= 11 is 0. The SMILES string of the molecule is CCOP(=O)(C[C@@H](NC[C@H](NC(=O)OCc1ccccc1F)C(=O)C1CCCCC1)C(O)[C@@H]1CCNC1=O)OCC. The van der Waals surface area contributed by atoms with Crippen LogP contribution in [-0.4, -0.2) is 73.5 Å². The smallest absolute Gasteiger partial charge is 0.408 e. The van der Waals surface area contributed by atoms with Crippen LogP contribution in [0.2, 0.25) is 0 Å². The number of rotatable bonds is 16. The zero-order valence-electron chi connectivity index (χ0n) is 23.8. The van der Waals surface area contributed by atoms with Gasteiger partial charge in [-0.1, -0.05) is 37.5 Å². The summed E-state index contributed by atoms with van der Waals surface area (Å²) in [6, 6.07) is 3.91. The van der Waals surface area contributed by atoms with Crippen LogP contribution in [0.1, 0.15) is 57.9 Å². The van der Waals surface area contributed by atoms with Crippen molar-refractivity contribution in [3.63, 3.8) is 0 Å². The van der Waals surface area contributed by atoms with Gasteiger partial charge in [-0.25, -0.2) is 9.18 Å². The second-order valence-corrected chi connectivity index (χ2v) is 12.5. The van der Waals surface area contributed by atoms with E-state index in [0.717, 1.165) is 19.3 Å². The molecule has 4 atom stereocenters. The highest BCUT2D eigenvalue weighted by Gasteiger charge is 2.41. The number of ketones is 1. The van der Waals surface area contributed by atoms with Gasteiger partial charge in [0.2, 0.25) is 5.91 Å². The largest absolute Gasteiger partial charge is 0.445 e. The topological polar surface area (TPSA) is 152 Å². The van der Waals surface area contributed by atoms with E-state index in [1.165, 1.54) is 18.2 Å². The van der Waals surface area contributed by atoms with Crippen molar-refractivity contribution in [2.45, 2.75) is 77.2 Å². The van der Waals surface area contributed by atoms with Crippen molar-refractivity contribution in [1.29, 1.82) is 0 Å². The van der Waals surface area contributed by atoms with E-state index >= 15 is 0 Å². The van der Waals surface area contributed by atoms with Gasteiger partial charge in [-0.2, -0.15) is 0 Å². The van der Waals surface area contributed by atoms with Crippen LogP contribution >= 0.6 is 7.60 Å². The number of aliphatic hydroxyl groups excluding tert-OH is 1. The van der Waals surface area contributed by atoms with Crippen molar-refractivity contribution in [2.24, 2.45) is 11.8 Å². The Kier molecular flexibility index (Phi) is 13.2. The third-order valence-corrected chi connectivity index (χ3v) is 9.68. The summed E-state index contributed by atoms with van der Waals surface area (Å²) in [6.07, 6.45) is 2.21. The number of benzene rings is 1. The lowest BCUT2D eigenvalue weighted by atomic mass is 9.83. The van der Waals surface area contributed by atoms with E-state index in [1.807, 2.05) is 0 Å². The first-order valence-corrected chi connectivity index (χ1v) is 16.2. The first-order chi connectivity index (χ1) is 19.7. The van der Waals surface area contributed by atoms with Crippen molar-refractivity contribution in [1.82, 2.24) is 16.0 Å². The predicted octanol–water partition coefficient (Wildman–Crippen LogP) is 3.29. The summed E-state index contributed by atoms with van der Waals surface area (Å²) in [5, 5.41) is 19.6. The molecule has 11 nitrogen and oxygen atoms in total. The molecule has 1 saturated carbocycles. The minimum absolute atomic E-state index is 0.113. The summed E-state index contributed by atoms with van der Waals surface area (Å²) in [5.74, 6) is -2.04. The zero-order valence-corrected chi connectivity index (χ0v) is 24.7. The Hall–Kier alpha value is -2.37. The van der Waals surface area contributed by atoms with Gasteiger partial charge in [-0.15, -0.1) is 0 Å². The Morgan fingerprint density at radius 2 is 1.80 bits per heavy atom. The van der Waals surface area contributed by atoms with Crippen molar-refractivity contribution in [2.75, 3.05) is 32.5 Å². The van der Waals surface area contributed by atoms with Gasteiger partial charge in [0.1, 0.15) is 18.5 Å². The molecule has 2 aliphatic rings. The number of alkyl carbamates (subject to hydrolysis) is 1. The molecule has 1 saturated heterocycles. The Balaban J connectivity index is 1.76. The number of halogens is 1. The molecule has 1 aromatic rings. The van der Waals surface area contributed by atoms with Crippen LogP contribution in [-0.2, 0) is 34.5 Å². The molecule has 41 heavy (non-hydrogen) atoms. The Morgan fingerprint density at radius 1 is 1.12 bits per heavy atom. The molecular formula is C28H43FN3O8P. The normalized spacial score (nSPS) is 20.2. The lowest BCUT2D eigenvalue weighted by Gasteiger charge is -2.32. The molecule has 1 unspecified atom stereocenters. The maximum Gasteiger partial charge on any atom is 0.408 e. The van der Waals surface area contributed by atoms with Crippen LogP contribution in [0.25, 0.3) is 0 Å². The Labute approximate surface area is 240 Å². The molecule has 1 heterocycles. The van der Waals surface area contributed by atoms with Gasteiger partial charge in [0, 0.05) is 30.6 Å². The quantitative estimate of drug-likeness (QED) is 0.210. The molecule has 1 aliphatic heterocycles. The summed E-state index contributed by atoms with van der Waals surface area (Å²) < 4.78 is 43.5. The van der Waals surface area contributed by atoms with E-state index in [-0.39, 0.29) is 55.7 Å². The summed E-state index contributed by atoms with van der Waals surface area (Å²) in [7, 11) is -3.66. The summed E-state index contributed by atoms with van der Waals surface area (Å²) in [5.41, 5.74) is 0.191. The number of ether oxygens (including phenoxy) is 1. The fourth-order valence-electron chi connectivity index (χ4n) is 5.40. The first-order valence-electron chi connectivity index (χ1n) is 14.4. The van der Waals surface area contributed by atoms with Gasteiger partial charge < -0.3 is 34.8 Å². The number of aliphatic hydroxyl groups is 1. The van der Waals surface area contributed by atoms with Crippen molar-refractivity contribution in [3.05, 3.63) is 35.6 Å². The minimum atomic E-state index is -3.66.